The van der Waals surface area contributed by atoms with Gasteiger partial charge in [-0.25, -0.2) is 0 Å². The van der Waals surface area contributed by atoms with E-state index in [1.54, 1.807) is 9.80 Å². The molecule has 0 saturated carbocycles. The summed E-state index contributed by atoms with van der Waals surface area (Å²) in [6.07, 6.45) is 1.37. The van der Waals surface area contributed by atoms with Gasteiger partial charge in [-0.05, 0) is 11.4 Å². The van der Waals surface area contributed by atoms with Gasteiger partial charge in [0.2, 0.25) is 5.76 Å². The van der Waals surface area contributed by atoms with Crippen LogP contribution in [-0.2, 0) is 14.3 Å². The molecule has 0 radical (unpaired) electrons. The predicted octanol–water partition coefficient (Wildman–Crippen LogP) is 0.921. The van der Waals surface area contributed by atoms with Gasteiger partial charge in [0.25, 0.3) is 11.8 Å². The van der Waals surface area contributed by atoms with Crippen LogP contribution in [0, 0.1) is 0 Å². The van der Waals surface area contributed by atoms with Crippen molar-refractivity contribution in [3.05, 3.63) is 34.4 Å². The first kappa shape index (κ1) is 13.9. The zero-order chi connectivity index (χ0) is 14.7. The van der Waals surface area contributed by atoms with Crippen LogP contribution in [0.3, 0.4) is 0 Å². The Labute approximate surface area is 126 Å². The van der Waals surface area contributed by atoms with Crippen LogP contribution in [0.4, 0.5) is 0 Å². The maximum absolute atomic E-state index is 12.2. The topological polar surface area (TPSA) is 59.1 Å². The third-order valence-electron chi connectivity index (χ3n) is 3.45. The van der Waals surface area contributed by atoms with Gasteiger partial charge in [-0.15, -0.1) is 11.3 Å². The van der Waals surface area contributed by atoms with Crippen molar-refractivity contribution >= 4 is 23.2 Å². The lowest BCUT2D eigenvalue weighted by Crippen LogP contribution is -2.51. The molecule has 3 heterocycles. The van der Waals surface area contributed by atoms with E-state index in [1.165, 1.54) is 17.6 Å². The van der Waals surface area contributed by atoms with Crippen molar-refractivity contribution in [2.24, 2.45) is 0 Å². The van der Waals surface area contributed by atoms with Crippen molar-refractivity contribution in [3.8, 4) is 0 Å². The van der Waals surface area contributed by atoms with Gasteiger partial charge in [0.05, 0.1) is 4.88 Å². The molecule has 0 aliphatic carbocycles. The van der Waals surface area contributed by atoms with Crippen LogP contribution in [0.5, 0.6) is 0 Å². The maximum Gasteiger partial charge on any atom is 0.292 e. The van der Waals surface area contributed by atoms with Gasteiger partial charge < -0.3 is 19.3 Å². The zero-order valence-corrected chi connectivity index (χ0v) is 12.3. The molecule has 0 atom stereocenters. The molecule has 0 N–H and O–H groups in total. The highest BCUT2D eigenvalue weighted by Gasteiger charge is 2.28. The van der Waals surface area contributed by atoms with E-state index < -0.39 is 0 Å². The van der Waals surface area contributed by atoms with E-state index in [-0.39, 0.29) is 17.6 Å². The van der Waals surface area contributed by atoms with Gasteiger partial charge in [-0.2, -0.15) is 0 Å². The average molecular weight is 308 g/mol. The monoisotopic (exact) mass is 308 g/mol. The largest absolute Gasteiger partial charge is 0.494 e. The lowest BCUT2D eigenvalue weighted by Gasteiger charge is -2.35. The fraction of sp³-hybridized carbons (Fsp3) is 0.429. The summed E-state index contributed by atoms with van der Waals surface area (Å²) in [6.45, 7) is 2.97. The third-order valence-corrected chi connectivity index (χ3v) is 4.30. The Kier molecular flexibility index (Phi) is 4.10. The van der Waals surface area contributed by atoms with E-state index in [2.05, 4.69) is 0 Å². The maximum atomic E-state index is 12.2. The average Bonchev–Trinajstić information content (AvgIpc) is 3.09. The van der Waals surface area contributed by atoms with Crippen molar-refractivity contribution < 1.29 is 19.1 Å². The molecule has 1 aromatic rings. The Hall–Kier alpha value is -2.02. The van der Waals surface area contributed by atoms with Crippen LogP contribution in [0.15, 0.2) is 29.5 Å². The Balaban J connectivity index is 1.56. The number of carbonyl (C=O) groups excluding carboxylic acids is 2. The summed E-state index contributed by atoms with van der Waals surface area (Å²) in [5, 5.41) is 1.89. The van der Waals surface area contributed by atoms with Gasteiger partial charge in [-0.3, -0.25) is 9.59 Å². The number of amides is 2. The van der Waals surface area contributed by atoms with Crippen LogP contribution in [0.1, 0.15) is 9.67 Å². The van der Waals surface area contributed by atoms with Crippen molar-refractivity contribution in [3.63, 3.8) is 0 Å². The Bertz CT molecular complexity index is 547. The van der Waals surface area contributed by atoms with E-state index in [9.17, 15) is 9.59 Å². The first-order valence-corrected chi connectivity index (χ1v) is 7.70. The predicted molar refractivity (Wildman–Crippen MR) is 76.8 cm³/mol. The minimum Gasteiger partial charge on any atom is -0.494 e. The van der Waals surface area contributed by atoms with Crippen molar-refractivity contribution in [2.75, 3.05) is 39.4 Å². The minimum absolute atomic E-state index is 0.0357. The smallest absolute Gasteiger partial charge is 0.292 e. The second-order valence-corrected chi connectivity index (χ2v) is 5.71. The molecule has 0 bridgehead atoms. The summed E-state index contributed by atoms with van der Waals surface area (Å²) in [5.74, 6) is 0.116. The van der Waals surface area contributed by atoms with E-state index in [1.807, 2.05) is 17.5 Å². The molecule has 112 valence electrons. The van der Waals surface area contributed by atoms with Gasteiger partial charge in [-0.1, -0.05) is 6.07 Å². The summed E-state index contributed by atoms with van der Waals surface area (Å²) >= 11 is 1.44. The fourth-order valence-electron chi connectivity index (χ4n) is 2.31. The molecule has 3 rings (SSSR count). The lowest BCUT2D eigenvalue weighted by molar-refractivity contribution is -0.133. The number of rotatable bonds is 2. The summed E-state index contributed by atoms with van der Waals surface area (Å²) in [7, 11) is 0. The number of carbonyl (C=O) groups is 2. The Morgan fingerprint density at radius 1 is 1.05 bits per heavy atom. The first-order chi connectivity index (χ1) is 10.3. The fourth-order valence-corrected chi connectivity index (χ4v) is 3.00. The number of hydrogen-bond acceptors (Lipinski definition) is 5. The van der Waals surface area contributed by atoms with Crippen molar-refractivity contribution in [1.29, 1.82) is 0 Å². The first-order valence-electron chi connectivity index (χ1n) is 6.82. The van der Waals surface area contributed by atoms with Gasteiger partial charge in [0, 0.05) is 26.2 Å². The molecule has 1 aromatic heterocycles. The molecule has 2 aliphatic rings. The van der Waals surface area contributed by atoms with Crippen LogP contribution in [-0.4, -0.2) is 61.0 Å². The third kappa shape index (κ3) is 3.02. The van der Waals surface area contributed by atoms with Crippen LogP contribution in [0.2, 0.25) is 0 Å². The summed E-state index contributed by atoms with van der Waals surface area (Å²) in [5.41, 5.74) is 0. The van der Waals surface area contributed by atoms with Gasteiger partial charge >= 0.3 is 0 Å². The minimum atomic E-state index is -0.169. The molecule has 0 spiro atoms. The van der Waals surface area contributed by atoms with Gasteiger partial charge in [0.15, 0.2) is 0 Å². The second kappa shape index (κ2) is 6.17. The molecule has 1 saturated heterocycles. The molecule has 2 aliphatic heterocycles. The van der Waals surface area contributed by atoms with E-state index in [0.29, 0.717) is 39.4 Å². The van der Waals surface area contributed by atoms with Crippen LogP contribution < -0.4 is 0 Å². The van der Waals surface area contributed by atoms with Crippen molar-refractivity contribution in [2.45, 2.75) is 0 Å². The summed E-state index contributed by atoms with van der Waals surface area (Å²) < 4.78 is 10.4. The molecule has 1 fully saturated rings. The van der Waals surface area contributed by atoms with Crippen molar-refractivity contribution in [1.82, 2.24) is 9.80 Å². The van der Waals surface area contributed by atoms with Crippen LogP contribution in [0.25, 0.3) is 0 Å². The quantitative estimate of drug-likeness (QED) is 0.815. The van der Waals surface area contributed by atoms with E-state index in [4.69, 9.17) is 9.47 Å². The normalized spacial score (nSPS) is 18.6. The lowest BCUT2D eigenvalue weighted by atomic mass is 10.2. The van der Waals surface area contributed by atoms with Gasteiger partial charge in [0.1, 0.15) is 19.5 Å². The number of thiophene rings is 1. The Morgan fingerprint density at radius 2 is 1.76 bits per heavy atom. The summed E-state index contributed by atoms with van der Waals surface area (Å²) in [4.78, 5) is 28.6. The highest BCUT2D eigenvalue weighted by molar-refractivity contribution is 7.12. The van der Waals surface area contributed by atoms with E-state index in [0.717, 1.165) is 4.88 Å². The zero-order valence-electron chi connectivity index (χ0n) is 11.5. The summed E-state index contributed by atoms with van der Waals surface area (Å²) in [6, 6.07) is 3.69. The second-order valence-electron chi connectivity index (χ2n) is 4.76. The SMILES string of the molecule is O=C(C1=COCCO1)N1CCN(C(=O)c2cccs2)CC1. The molecular formula is C14H16N2O4S. The molecule has 7 heteroatoms. The highest BCUT2D eigenvalue weighted by atomic mass is 32.1. The molecule has 21 heavy (non-hydrogen) atoms. The van der Waals surface area contributed by atoms with E-state index >= 15 is 0 Å². The number of hydrogen-bond donors (Lipinski definition) is 0. The number of piperazine rings is 1. The van der Waals surface area contributed by atoms with Crippen LogP contribution >= 0.6 is 11.3 Å². The number of ether oxygens (including phenoxy) is 2. The number of nitrogens with zero attached hydrogens (tertiary/aromatic N) is 2. The molecule has 0 unspecified atom stereocenters. The molecule has 0 aromatic carbocycles. The Morgan fingerprint density at radius 3 is 2.33 bits per heavy atom. The highest BCUT2D eigenvalue weighted by Crippen LogP contribution is 2.15. The standard InChI is InChI=1S/C14H16N2O4S/c17-13(11-10-19-7-8-20-11)15-3-5-16(6-4-15)14(18)12-2-1-9-21-12/h1-2,9-10H,3-8H2. The molecular weight excluding hydrogens is 292 g/mol. The molecule has 6 nitrogen and oxygen atoms in total. The molecule has 2 amide bonds.